The summed E-state index contributed by atoms with van der Waals surface area (Å²) in [5.74, 6) is 0.0811. The van der Waals surface area contributed by atoms with Crippen molar-refractivity contribution in [2.75, 3.05) is 5.32 Å². The first-order chi connectivity index (χ1) is 13.4. The van der Waals surface area contributed by atoms with Gasteiger partial charge in [0.1, 0.15) is 23.2 Å². The molecule has 0 unspecified atom stereocenters. The van der Waals surface area contributed by atoms with Crippen LogP contribution >= 0.6 is 46.4 Å². The van der Waals surface area contributed by atoms with Crippen molar-refractivity contribution in [2.45, 2.75) is 0 Å². The number of benzene rings is 2. The van der Waals surface area contributed by atoms with Gasteiger partial charge in [0.25, 0.3) is 5.91 Å². The van der Waals surface area contributed by atoms with Crippen molar-refractivity contribution in [1.82, 2.24) is 0 Å². The average molecular weight is 452 g/mol. The van der Waals surface area contributed by atoms with Crippen molar-refractivity contribution >= 4 is 64.1 Å². The number of furan rings is 1. The first-order valence-corrected chi connectivity index (χ1v) is 9.32. The molecule has 3 rings (SSSR count). The minimum Gasteiger partial charge on any atom is -0.457 e. The maximum atomic E-state index is 12.4. The molecule has 8 heteroatoms. The molecule has 2 aromatic carbocycles. The van der Waals surface area contributed by atoms with Crippen molar-refractivity contribution in [3.8, 4) is 17.4 Å². The average Bonchev–Trinajstić information content (AvgIpc) is 3.06. The summed E-state index contributed by atoms with van der Waals surface area (Å²) in [6.45, 7) is 0. The maximum Gasteiger partial charge on any atom is 0.266 e. The number of amides is 1. The molecule has 1 heterocycles. The zero-order chi connectivity index (χ0) is 20.3. The lowest BCUT2D eigenvalue weighted by Crippen LogP contribution is -2.13. The SMILES string of the molecule is N#C/C(=C\c1ccc(-c2c(Cl)cccc2Cl)o1)C(=O)Nc1cc(Cl)cc(Cl)c1. The molecular formula is C20H10Cl4N2O2. The molecule has 0 aliphatic rings. The second kappa shape index (κ2) is 8.72. The number of nitriles is 1. The third kappa shape index (κ3) is 4.70. The minimum absolute atomic E-state index is 0.165. The van der Waals surface area contributed by atoms with Crippen LogP contribution in [0, 0.1) is 11.3 Å². The molecule has 3 aromatic rings. The summed E-state index contributed by atoms with van der Waals surface area (Å²) in [6, 6.07) is 14.8. The normalized spacial score (nSPS) is 11.2. The smallest absolute Gasteiger partial charge is 0.266 e. The standard InChI is InChI=1S/C20H10Cl4N2O2/c21-12-7-13(22)9-14(8-12)26-20(27)11(10-25)6-15-4-5-18(28-15)19-16(23)2-1-3-17(19)24/h1-9H,(H,26,27)/b11-6+. The van der Waals surface area contributed by atoms with Gasteiger partial charge in [0, 0.05) is 21.8 Å². The van der Waals surface area contributed by atoms with E-state index in [0.717, 1.165) is 0 Å². The number of anilines is 1. The van der Waals surface area contributed by atoms with Gasteiger partial charge >= 0.3 is 0 Å². The fourth-order valence-corrected chi connectivity index (χ4v) is 3.52. The molecule has 1 amide bonds. The topological polar surface area (TPSA) is 66.0 Å². The number of rotatable bonds is 4. The third-order valence-corrected chi connectivity index (χ3v) is 4.67. The molecule has 0 saturated carbocycles. The van der Waals surface area contributed by atoms with Crippen LogP contribution in [0.4, 0.5) is 5.69 Å². The van der Waals surface area contributed by atoms with Gasteiger partial charge in [-0.3, -0.25) is 4.79 Å². The molecule has 0 aliphatic heterocycles. The highest BCUT2D eigenvalue weighted by molar-refractivity contribution is 6.39. The minimum atomic E-state index is -0.630. The Bertz CT molecular complexity index is 1090. The van der Waals surface area contributed by atoms with E-state index in [1.54, 1.807) is 30.3 Å². The fraction of sp³-hybridized carbons (Fsp3) is 0. The van der Waals surface area contributed by atoms with E-state index >= 15 is 0 Å². The van der Waals surface area contributed by atoms with Crippen LogP contribution in [0.25, 0.3) is 17.4 Å². The zero-order valence-corrected chi connectivity index (χ0v) is 17.0. The van der Waals surface area contributed by atoms with Crippen LogP contribution in [0.3, 0.4) is 0 Å². The van der Waals surface area contributed by atoms with E-state index in [1.807, 2.05) is 6.07 Å². The van der Waals surface area contributed by atoms with E-state index in [2.05, 4.69) is 5.32 Å². The van der Waals surface area contributed by atoms with E-state index in [-0.39, 0.29) is 5.57 Å². The number of hydrogen-bond donors (Lipinski definition) is 1. The molecule has 0 fully saturated rings. The lowest BCUT2D eigenvalue weighted by atomic mass is 10.2. The highest BCUT2D eigenvalue weighted by Crippen LogP contribution is 2.35. The second-order valence-electron chi connectivity index (χ2n) is 5.58. The van der Waals surface area contributed by atoms with Gasteiger partial charge in [-0.05, 0) is 42.5 Å². The third-order valence-electron chi connectivity index (χ3n) is 3.61. The van der Waals surface area contributed by atoms with Crippen LogP contribution in [-0.4, -0.2) is 5.91 Å². The molecule has 0 bridgehead atoms. The summed E-state index contributed by atoms with van der Waals surface area (Å²) in [4.78, 5) is 12.4. The van der Waals surface area contributed by atoms with Crippen molar-refractivity contribution in [1.29, 1.82) is 5.26 Å². The van der Waals surface area contributed by atoms with Crippen molar-refractivity contribution in [3.63, 3.8) is 0 Å². The molecule has 0 radical (unpaired) electrons. The molecule has 1 aromatic heterocycles. The zero-order valence-electron chi connectivity index (χ0n) is 14.0. The van der Waals surface area contributed by atoms with Crippen LogP contribution < -0.4 is 5.32 Å². The molecule has 0 atom stereocenters. The summed E-state index contributed by atoms with van der Waals surface area (Å²) < 4.78 is 5.68. The Hall–Kier alpha value is -2.42. The van der Waals surface area contributed by atoms with Gasteiger partial charge < -0.3 is 9.73 Å². The Balaban J connectivity index is 1.86. The molecule has 140 valence electrons. The number of carbonyl (C=O) groups excluding carboxylic acids is 1. The van der Waals surface area contributed by atoms with Crippen LogP contribution in [-0.2, 0) is 4.79 Å². The molecule has 0 spiro atoms. The second-order valence-corrected chi connectivity index (χ2v) is 7.27. The Labute approximate surface area is 180 Å². The molecule has 4 nitrogen and oxygen atoms in total. The van der Waals surface area contributed by atoms with Crippen molar-refractivity contribution in [2.24, 2.45) is 0 Å². The Morgan fingerprint density at radius 1 is 1.00 bits per heavy atom. The van der Waals surface area contributed by atoms with Gasteiger partial charge in [-0.1, -0.05) is 52.5 Å². The van der Waals surface area contributed by atoms with E-state index in [0.29, 0.717) is 42.9 Å². The summed E-state index contributed by atoms with van der Waals surface area (Å²) in [6.07, 6.45) is 1.32. The van der Waals surface area contributed by atoms with Gasteiger partial charge in [0.2, 0.25) is 0 Å². The number of halogens is 4. The molecular weight excluding hydrogens is 442 g/mol. The Kier molecular flexibility index (Phi) is 6.33. The molecule has 1 N–H and O–H groups in total. The van der Waals surface area contributed by atoms with Gasteiger partial charge in [-0.25, -0.2) is 0 Å². The first kappa shape index (κ1) is 20.3. The number of carbonyl (C=O) groups is 1. The van der Waals surface area contributed by atoms with E-state index < -0.39 is 5.91 Å². The van der Waals surface area contributed by atoms with Crippen LogP contribution in [0.2, 0.25) is 20.1 Å². The first-order valence-electron chi connectivity index (χ1n) is 7.81. The van der Waals surface area contributed by atoms with Crippen LogP contribution in [0.15, 0.2) is 58.5 Å². The Morgan fingerprint density at radius 2 is 1.64 bits per heavy atom. The lowest BCUT2D eigenvalue weighted by Gasteiger charge is -2.05. The van der Waals surface area contributed by atoms with Crippen LogP contribution in [0.1, 0.15) is 5.76 Å². The number of nitrogens with zero attached hydrogens (tertiary/aromatic N) is 1. The largest absolute Gasteiger partial charge is 0.457 e. The van der Waals surface area contributed by atoms with Gasteiger partial charge in [-0.2, -0.15) is 5.26 Å². The summed E-state index contributed by atoms with van der Waals surface area (Å²) in [7, 11) is 0. The van der Waals surface area contributed by atoms with Crippen molar-refractivity contribution in [3.05, 3.63) is 80.0 Å². The Morgan fingerprint density at radius 3 is 2.25 bits per heavy atom. The predicted molar refractivity (Wildman–Crippen MR) is 113 cm³/mol. The summed E-state index contributed by atoms with van der Waals surface area (Å²) >= 11 is 24.2. The molecule has 28 heavy (non-hydrogen) atoms. The van der Waals surface area contributed by atoms with Gasteiger partial charge in [0.15, 0.2) is 0 Å². The summed E-state index contributed by atoms with van der Waals surface area (Å²) in [5.41, 5.74) is 0.732. The van der Waals surface area contributed by atoms with E-state index in [4.69, 9.17) is 50.8 Å². The lowest BCUT2D eigenvalue weighted by molar-refractivity contribution is -0.112. The number of hydrogen-bond acceptors (Lipinski definition) is 3. The highest BCUT2D eigenvalue weighted by Gasteiger charge is 2.14. The summed E-state index contributed by atoms with van der Waals surface area (Å²) in [5, 5.41) is 13.5. The van der Waals surface area contributed by atoms with E-state index in [1.165, 1.54) is 24.3 Å². The monoisotopic (exact) mass is 450 g/mol. The van der Waals surface area contributed by atoms with Gasteiger partial charge in [-0.15, -0.1) is 0 Å². The molecule has 0 saturated heterocycles. The van der Waals surface area contributed by atoms with E-state index in [9.17, 15) is 10.1 Å². The van der Waals surface area contributed by atoms with Crippen LogP contribution in [0.5, 0.6) is 0 Å². The quantitative estimate of drug-likeness (QED) is 0.339. The predicted octanol–water partition coefficient (Wildman–Crippen LogP) is 7.11. The molecule has 0 aliphatic carbocycles. The highest BCUT2D eigenvalue weighted by atomic mass is 35.5. The maximum absolute atomic E-state index is 12.4. The van der Waals surface area contributed by atoms with Crippen molar-refractivity contribution < 1.29 is 9.21 Å². The van der Waals surface area contributed by atoms with Gasteiger partial charge in [0.05, 0.1) is 15.6 Å². The number of nitrogens with one attached hydrogen (secondary N) is 1. The fourth-order valence-electron chi connectivity index (χ4n) is 2.41.